The van der Waals surface area contributed by atoms with Crippen LogP contribution >= 0.6 is 0 Å². The first kappa shape index (κ1) is 13.0. The molecule has 17 heavy (non-hydrogen) atoms. The Kier molecular flexibility index (Phi) is 4.45. The average molecular weight is 238 g/mol. The van der Waals surface area contributed by atoms with Gasteiger partial charge in [0.2, 0.25) is 5.56 Å². The van der Waals surface area contributed by atoms with Gasteiger partial charge < -0.3 is 15.4 Å². The van der Waals surface area contributed by atoms with Crippen molar-refractivity contribution in [1.29, 1.82) is 0 Å². The molecule has 3 N–H and O–H groups in total. The molecule has 0 bridgehead atoms. The minimum absolute atomic E-state index is 0.119. The summed E-state index contributed by atoms with van der Waals surface area (Å²) in [6.07, 6.45) is 1.71. The van der Waals surface area contributed by atoms with Crippen LogP contribution in [0.4, 0.5) is 0 Å². The van der Waals surface area contributed by atoms with Gasteiger partial charge >= 0.3 is 5.97 Å². The number of aromatic amines is 1. The summed E-state index contributed by atoms with van der Waals surface area (Å²) < 4.78 is 0. The van der Waals surface area contributed by atoms with Crippen LogP contribution in [0.5, 0.6) is 0 Å². The molecule has 0 saturated heterocycles. The number of hydrogen-bond donors (Lipinski definition) is 3. The molecule has 1 unspecified atom stereocenters. The fraction of sp³-hybridized carbons (Fsp3) is 0.364. The van der Waals surface area contributed by atoms with Crippen molar-refractivity contribution in [2.24, 2.45) is 0 Å². The highest BCUT2D eigenvalue weighted by Crippen LogP contribution is 2.01. The Hall–Kier alpha value is -2.11. The third-order valence-corrected chi connectivity index (χ3v) is 2.30. The maximum atomic E-state index is 11.7. The van der Waals surface area contributed by atoms with Crippen molar-refractivity contribution >= 4 is 11.9 Å². The maximum absolute atomic E-state index is 11.7. The molecule has 92 valence electrons. The van der Waals surface area contributed by atoms with Gasteiger partial charge in [-0.2, -0.15) is 0 Å². The van der Waals surface area contributed by atoms with E-state index in [1.165, 1.54) is 18.3 Å². The van der Waals surface area contributed by atoms with Gasteiger partial charge in [0.15, 0.2) is 0 Å². The first-order valence-electron chi connectivity index (χ1n) is 5.24. The summed E-state index contributed by atoms with van der Waals surface area (Å²) >= 11 is 0. The van der Waals surface area contributed by atoms with Gasteiger partial charge in [0.1, 0.15) is 0 Å². The Balaban J connectivity index is 2.67. The number of carboxylic acids is 1. The van der Waals surface area contributed by atoms with E-state index >= 15 is 0 Å². The number of aromatic nitrogens is 1. The van der Waals surface area contributed by atoms with E-state index in [1.807, 2.05) is 0 Å². The molecule has 1 atom stereocenters. The van der Waals surface area contributed by atoms with Crippen molar-refractivity contribution in [3.8, 4) is 0 Å². The number of H-pyrrole nitrogens is 1. The van der Waals surface area contributed by atoms with Gasteiger partial charge in [0.25, 0.3) is 5.91 Å². The quantitative estimate of drug-likeness (QED) is 0.689. The Bertz CT molecular complexity index is 446. The Morgan fingerprint density at radius 1 is 1.47 bits per heavy atom. The number of amides is 1. The zero-order valence-corrected chi connectivity index (χ0v) is 9.40. The van der Waals surface area contributed by atoms with E-state index in [1.54, 1.807) is 6.92 Å². The van der Waals surface area contributed by atoms with Crippen LogP contribution in [0.25, 0.3) is 0 Å². The van der Waals surface area contributed by atoms with Crippen LogP contribution in [-0.2, 0) is 4.79 Å². The smallest absolute Gasteiger partial charge is 0.305 e. The maximum Gasteiger partial charge on any atom is 0.305 e. The second-order valence-electron chi connectivity index (χ2n) is 3.62. The Morgan fingerprint density at radius 2 is 2.18 bits per heavy atom. The first-order chi connectivity index (χ1) is 8.02. The molecule has 0 aliphatic carbocycles. The van der Waals surface area contributed by atoms with E-state index in [-0.39, 0.29) is 12.0 Å². The van der Waals surface area contributed by atoms with Crippen molar-refractivity contribution in [2.75, 3.05) is 0 Å². The Labute approximate surface area is 97.7 Å². The summed E-state index contributed by atoms with van der Waals surface area (Å²) in [5, 5.41) is 11.2. The third-order valence-electron chi connectivity index (χ3n) is 2.30. The van der Waals surface area contributed by atoms with E-state index in [9.17, 15) is 14.4 Å². The van der Waals surface area contributed by atoms with Crippen LogP contribution in [0.15, 0.2) is 23.1 Å². The molecule has 1 amide bonds. The lowest BCUT2D eigenvalue weighted by atomic mass is 10.1. The van der Waals surface area contributed by atoms with Crippen molar-refractivity contribution in [2.45, 2.75) is 25.8 Å². The summed E-state index contributed by atoms with van der Waals surface area (Å²) in [6.45, 7) is 1.79. The minimum atomic E-state index is -0.960. The highest BCUT2D eigenvalue weighted by molar-refractivity contribution is 5.94. The van der Waals surface area contributed by atoms with E-state index in [0.717, 1.165) is 0 Å². The van der Waals surface area contributed by atoms with Crippen LogP contribution in [0.3, 0.4) is 0 Å². The lowest BCUT2D eigenvalue weighted by molar-refractivity contribution is -0.137. The summed E-state index contributed by atoms with van der Waals surface area (Å²) in [4.78, 5) is 35.4. The largest absolute Gasteiger partial charge is 0.481 e. The molecule has 1 aromatic rings. The van der Waals surface area contributed by atoms with Gasteiger partial charge in [-0.3, -0.25) is 14.4 Å². The number of carboxylic acid groups (broad SMARTS) is 1. The average Bonchev–Trinajstić information content (AvgIpc) is 2.28. The topological polar surface area (TPSA) is 99.3 Å². The summed E-state index contributed by atoms with van der Waals surface area (Å²) in [5.41, 5.74) is 0.00701. The molecule has 1 heterocycles. The second-order valence-corrected chi connectivity index (χ2v) is 3.62. The molecule has 1 rings (SSSR count). The van der Waals surface area contributed by atoms with E-state index in [4.69, 9.17) is 5.11 Å². The molecule has 0 aromatic carbocycles. The van der Waals surface area contributed by atoms with E-state index in [0.29, 0.717) is 12.0 Å². The highest BCUT2D eigenvalue weighted by atomic mass is 16.4. The van der Waals surface area contributed by atoms with Crippen LogP contribution in [0.2, 0.25) is 0 Å². The molecule has 1 aromatic heterocycles. The number of carbonyl (C=O) groups is 2. The molecule has 0 spiro atoms. The first-order valence-corrected chi connectivity index (χ1v) is 5.24. The van der Waals surface area contributed by atoms with Gasteiger partial charge in [-0.05, 0) is 12.5 Å². The summed E-state index contributed by atoms with van der Waals surface area (Å²) in [6, 6.07) is 2.22. The van der Waals surface area contributed by atoms with Crippen LogP contribution in [0, 0.1) is 0 Å². The van der Waals surface area contributed by atoms with Crippen LogP contribution in [-0.4, -0.2) is 28.0 Å². The predicted molar refractivity (Wildman–Crippen MR) is 60.9 cm³/mol. The second kappa shape index (κ2) is 5.83. The van der Waals surface area contributed by atoms with E-state index in [2.05, 4.69) is 10.3 Å². The molecular weight excluding hydrogens is 224 g/mol. The Morgan fingerprint density at radius 3 is 2.65 bits per heavy atom. The normalized spacial score (nSPS) is 11.8. The van der Waals surface area contributed by atoms with Crippen molar-refractivity contribution < 1.29 is 14.7 Å². The zero-order valence-electron chi connectivity index (χ0n) is 9.40. The van der Waals surface area contributed by atoms with Gasteiger partial charge in [0, 0.05) is 18.3 Å². The molecule has 6 nitrogen and oxygen atoms in total. The molecule has 0 saturated carbocycles. The fourth-order valence-electron chi connectivity index (χ4n) is 1.33. The van der Waals surface area contributed by atoms with Crippen molar-refractivity contribution in [3.63, 3.8) is 0 Å². The molecule has 6 heteroatoms. The lowest BCUT2D eigenvalue weighted by Crippen LogP contribution is -2.36. The van der Waals surface area contributed by atoms with Gasteiger partial charge in [-0.1, -0.05) is 6.92 Å². The molecule has 0 aliphatic heterocycles. The van der Waals surface area contributed by atoms with Crippen LogP contribution in [0.1, 0.15) is 30.1 Å². The lowest BCUT2D eigenvalue weighted by Gasteiger charge is -2.14. The standard InChI is InChI=1S/C11H14N2O4/c1-2-8(5-10(15)16)13-11(17)7-3-4-9(14)12-6-7/h3-4,6,8H,2,5H2,1H3,(H,12,14)(H,13,17)(H,15,16). The van der Waals surface area contributed by atoms with Crippen molar-refractivity contribution in [1.82, 2.24) is 10.3 Å². The third kappa shape index (κ3) is 4.10. The summed E-state index contributed by atoms with van der Waals surface area (Å²) in [7, 11) is 0. The number of nitrogens with one attached hydrogen (secondary N) is 2. The number of aliphatic carboxylic acids is 1. The van der Waals surface area contributed by atoms with Crippen LogP contribution < -0.4 is 10.9 Å². The zero-order chi connectivity index (χ0) is 12.8. The van der Waals surface area contributed by atoms with Gasteiger partial charge in [-0.25, -0.2) is 0 Å². The van der Waals surface area contributed by atoms with E-state index < -0.39 is 17.9 Å². The fourth-order valence-corrected chi connectivity index (χ4v) is 1.33. The molecular formula is C11H14N2O4. The molecule has 0 aliphatic rings. The van der Waals surface area contributed by atoms with Gasteiger partial charge in [-0.15, -0.1) is 0 Å². The minimum Gasteiger partial charge on any atom is -0.481 e. The highest BCUT2D eigenvalue weighted by Gasteiger charge is 2.15. The predicted octanol–water partition coefficient (Wildman–Crippen LogP) is 0.358. The van der Waals surface area contributed by atoms with Gasteiger partial charge in [0.05, 0.1) is 12.0 Å². The monoisotopic (exact) mass is 238 g/mol. The number of carbonyl (C=O) groups excluding carboxylic acids is 1. The number of rotatable bonds is 5. The van der Waals surface area contributed by atoms with Crippen molar-refractivity contribution in [3.05, 3.63) is 34.2 Å². The number of hydrogen-bond acceptors (Lipinski definition) is 3. The SMILES string of the molecule is CCC(CC(=O)O)NC(=O)c1ccc(=O)[nH]c1. The molecule has 0 radical (unpaired) electrons. The summed E-state index contributed by atoms with van der Waals surface area (Å²) in [5.74, 6) is -1.35. The number of pyridine rings is 1. The molecule has 0 fully saturated rings.